The van der Waals surface area contributed by atoms with Crippen LogP contribution in [0.4, 0.5) is 0 Å². The van der Waals surface area contributed by atoms with Gasteiger partial charge in [-0.3, -0.25) is 0 Å². The number of hydrogen-bond acceptors (Lipinski definition) is 3. The van der Waals surface area contributed by atoms with Gasteiger partial charge in [-0.25, -0.2) is 4.98 Å². The molecule has 0 amide bonds. The zero-order valence-corrected chi connectivity index (χ0v) is 9.48. The second-order valence-electron chi connectivity index (χ2n) is 4.48. The summed E-state index contributed by atoms with van der Waals surface area (Å²) in [6.45, 7) is 1.01. The van der Waals surface area contributed by atoms with Gasteiger partial charge in [0.25, 0.3) is 0 Å². The molecule has 1 N–H and O–H groups in total. The number of rotatable bonds is 3. The van der Waals surface area contributed by atoms with Gasteiger partial charge in [0, 0.05) is 25.6 Å². The van der Waals surface area contributed by atoms with Crippen LogP contribution in [0.25, 0.3) is 0 Å². The number of hydrogen-bond donors (Lipinski definition) is 1. The highest BCUT2D eigenvalue weighted by Gasteiger charge is 2.18. The number of nitrogens with zero attached hydrogens (tertiary/aromatic N) is 3. The number of aliphatic hydroxyl groups is 1. The van der Waals surface area contributed by atoms with Crippen LogP contribution in [0.5, 0.6) is 0 Å². The minimum absolute atomic E-state index is 0.352. The lowest BCUT2D eigenvalue weighted by molar-refractivity contribution is 0.0780. The van der Waals surface area contributed by atoms with Crippen molar-refractivity contribution in [3.63, 3.8) is 0 Å². The molecule has 2 heterocycles. The van der Waals surface area contributed by atoms with E-state index < -0.39 is 0 Å². The number of fused-ring (bicyclic) bond motifs is 1. The van der Waals surface area contributed by atoms with Crippen molar-refractivity contribution < 1.29 is 5.11 Å². The van der Waals surface area contributed by atoms with Crippen LogP contribution in [-0.4, -0.2) is 40.2 Å². The largest absolute Gasteiger partial charge is 0.373 e. The quantitative estimate of drug-likeness (QED) is 0.801. The lowest BCUT2D eigenvalue weighted by Crippen LogP contribution is -2.16. The third-order valence-electron chi connectivity index (χ3n) is 2.86. The molecule has 1 aromatic rings. The molecule has 1 aliphatic rings. The molecule has 0 spiro atoms. The van der Waals surface area contributed by atoms with E-state index in [0.29, 0.717) is 0 Å². The average molecular weight is 209 g/mol. The van der Waals surface area contributed by atoms with Gasteiger partial charge >= 0.3 is 0 Å². The normalized spacial score (nSPS) is 20.7. The number of aryl methyl sites for hydroxylation is 1. The summed E-state index contributed by atoms with van der Waals surface area (Å²) in [5, 5.41) is 9.76. The summed E-state index contributed by atoms with van der Waals surface area (Å²) in [6, 6.07) is 0. The van der Waals surface area contributed by atoms with Crippen LogP contribution < -0.4 is 0 Å². The van der Waals surface area contributed by atoms with E-state index in [2.05, 4.69) is 24.0 Å². The second-order valence-corrected chi connectivity index (χ2v) is 4.48. The first kappa shape index (κ1) is 10.6. The molecule has 1 unspecified atom stereocenters. The van der Waals surface area contributed by atoms with Crippen LogP contribution in [0, 0.1) is 0 Å². The maximum atomic E-state index is 9.76. The summed E-state index contributed by atoms with van der Waals surface area (Å²) >= 11 is 0. The van der Waals surface area contributed by atoms with Crippen molar-refractivity contribution in [1.29, 1.82) is 0 Å². The van der Waals surface area contributed by atoms with Crippen LogP contribution >= 0.6 is 0 Å². The van der Waals surface area contributed by atoms with E-state index in [-0.39, 0.29) is 6.23 Å². The first-order chi connectivity index (χ1) is 7.16. The SMILES string of the molecule is CN(C)CCc1cn2c(n1)CCCC2O. The van der Waals surface area contributed by atoms with Gasteiger partial charge in [0.1, 0.15) is 12.1 Å². The van der Waals surface area contributed by atoms with Gasteiger partial charge in [0.2, 0.25) is 0 Å². The minimum atomic E-state index is -0.352. The molecule has 0 radical (unpaired) electrons. The fourth-order valence-corrected chi connectivity index (χ4v) is 1.97. The molecule has 0 aliphatic carbocycles. The zero-order chi connectivity index (χ0) is 10.8. The molecule has 0 bridgehead atoms. The predicted molar refractivity (Wildman–Crippen MR) is 58.7 cm³/mol. The highest BCUT2D eigenvalue weighted by Crippen LogP contribution is 2.22. The maximum absolute atomic E-state index is 9.76. The van der Waals surface area contributed by atoms with Gasteiger partial charge < -0.3 is 14.6 Å². The highest BCUT2D eigenvalue weighted by molar-refractivity contribution is 5.07. The van der Waals surface area contributed by atoms with E-state index in [1.54, 1.807) is 0 Å². The Balaban J connectivity index is 2.08. The molecular weight excluding hydrogens is 190 g/mol. The summed E-state index contributed by atoms with van der Waals surface area (Å²) in [7, 11) is 4.12. The van der Waals surface area contributed by atoms with E-state index in [4.69, 9.17) is 0 Å². The summed E-state index contributed by atoms with van der Waals surface area (Å²) in [6.07, 6.45) is 5.51. The van der Waals surface area contributed by atoms with E-state index in [1.807, 2.05) is 10.8 Å². The van der Waals surface area contributed by atoms with Gasteiger partial charge in [0.05, 0.1) is 5.69 Å². The molecule has 4 nitrogen and oxygen atoms in total. The van der Waals surface area contributed by atoms with Crippen molar-refractivity contribution in [3.8, 4) is 0 Å². The molecule has 0 aromatic carbocycles. The Bertz CT molecular complexity index is 333. The monoisotopic (exact) mass is 209 g/mol. The maximum Gasteiger partial charge on any atom is 0.131 e. The molecular formula is C11H19N3O. The number of aromatic nitrogens is 2. The van der Waals surface area contributed by atoms with Crippen molar-refractivity contribution in [2.75, 3.05) is 20.6 Å². The van der Waals surface area contributed by atoms with Crippen molar-refractivity contribution >= 4 is 0 Å². The van der Waals surface area contributed by atoms with Crippen LogP contribution in [-0.2, 0) is 12.8 Å². The van der Waals surface area contributed by atoms with Crippen LogP contribution in [0.2, 0.25) is 0 Å². The molecule has 0 saturated heterocycles. The molecule has 2 rings (SSSR count). The van der Waals surface area contributed by atoms with Gasteiger partial charge in [-0.2, -0.15) is 0 Å². The van der Waals surface area contributed by atoms with E-state index in [1.165, 1.54) is 0 Å². The fraction of sp³-hybridized carbons (Fsp3) is 0.727. The van der Waals surface area contributed by atoms with E-state index in [0.717, 1.165) is 43.7 Å². The topological polar surface area (TPSA) is 41.3 Å². The van der Waals surface area contributed by atoms with Crippen molar-refractivity contribution in [2.45, 2.75) is 31.9 Å². The lowest BCUT2D eigenvalue weighted by atomic mass is 10.1. The summed E-state index contributed by atoms with van der Waals surface area (Å²) in [5.74, 6) is 1.04. The second kappa shape index (κ2) is 4.33. The Morgan fingerprint density at radius 1 is 1.60 bits per heavy atom. The molecule has 84 valence electrons. The van der Waals surface area contributed by atoms with Crippen LogP contribution in [0.1, 0.15) is 30.6 Å². The summed E-state index contributed by atoms with van der Waals surface area (Å²) < 4.78 is 1.93. The number of imidazole rings is 1. The first-order valence-electron chi connectivity index (χ1n) is 5.56. The third-order valence-corrected chi connectivity index (χ3v) is 2.86. The molecule has 0 saturated carbocycles. The fourth-order valence-electron chi connectivity index (χ4n) is 1.97. The number of likely N-dealkylation sites (N-methyl/N-ethyl adjacent to an activating group) is 1. The van der Waals surface area contributed by atoms with E-state index >= 15 is 0 Å². The molecule has 1 atom stereocenters. The standard InChI is InChI=1S/C11H19N3O/c1-13(2)7-6-9-8-14-10(12-9)4-3-5-11(14)15/h8,11,15H,3-7H2,1-2H3. The van der Waals surface area contributed by atoms with Gasteiger partial charge in [-0.05, 0) is 26.9 Å². The van der Waals surface area contributed by atoms with Crippen LogP contribution in [0.15, 0.2) is 6.20 Å². The summed E-state index contributed by atoms with van der Waals surface area (Å²) in [5.41, 5.74) is 1.10. The predicted octanol–water partition coefficient (Wildman–Crippen LogP) is 0.814. The van der Waals surface area contributed by atoms with Gasteiger partial charge in [-0.1, -0.05) is 0 Å². The van der Waals surface area contributed by atoms with Gasteiger partial charge in [0.15, 0.2) is 0 Å². The Kier molecular flexibility index (Phi) is 3.07. The highest BCUT2D eigenvalue weighted by atomic mass is 16.3. The van der Waals surface area contributed by atoms with Gasteiger partial charge in [-0.15, -0.1) is 0 Å². The molecule has 0 fully saturated rings. The molecule has 1 aliphatic heterocycles. The molecule has 15 heavy (non-hydrogen) atoms. The zero-order valence-electron chi connectivity index (χ0n) is 9.48. The van der Waals surface area contributed by atoms with Crippen LogP contribution in [0.3, 0.4) is 0 Å². The van der Waals surface area contributed by atoms with Crippen molar-refractivity contribution in [3.05, 3.63) is 17.7 Å². The lowest BCUT2D eigenvalue weighted by Gasteiger charge is -2.19. The molecule has 1 aromatic heterocycles. The Hall–Kier alpha value is -0.870. The number of aliphatic hydroxyl groups excluding tert-OH is 1. The Morgan fingerprint density at radius 3 is 3.07 bits per heavy atom. The van der Waals surface area contributed by atoms with E-state index in [9.17, 15) is 5.11 Å². The first-order valence-corrected chi connectivity index (χ1v) is 5.56. The minimum Gasteiger partial charge on any atom is -0.373 e. The third kappa shape index (κ3) is 2.38. The van der Waals surface area contributed by atoms with Crippen molar-refractivity contribution in [1.82, 2.24) is 14.5 Å². The Morgan fingerprint density at radius 2 is 2.40 bits per heavy atom. The smallest absolute Gasteiger partial charge is 0.131 e. The van der Waals surface area contributed by atoms with Crippen molar-refractivity contribution in [2.24, 2.45) is 0 Å². The summed E-state index contributed by atoms with van der Waals surface area (Å²) in [4.78, 5) is 6.70. The average Bonchev–Trinajstić information content (AvgIpc) is 2.59. The molecule has 4 heteroatoms. The Labute approximate surface area is 90.5 Å².